The van der Waals surface area contributed by atoms with Crippen LogP contribution in [-0.4, -0.2) is 36.5 Å². The Labute approximate surface area is 123 Å². The first kappa shape index (κ1) is 14.9. The fourth-order valence-electron chi connectivity index (χ4n) is 1.98. The summed E-state index contributed by atoms with van der Waals surface area (Å²) in [5.74, 6) is 1.24. The molecule has 0 radical (unpaired) electrons. The zero-order valence-corrected chi connectivity index (χ0v) is 12.2. The van der Waals surface area contributed by atoms with Gasteiger partial charge in [-0.25, -0.2) is 0 Å². The van der Waals surface area contributed by atoms with Crippen molar-refractivity contribution in [1.82, 2.24) is 15.1 Å². The van der Waals surface area contributed by atoms with Crippen LogP contribution < -0.4 is 14.8 Å². The summed E-state index contributed by atoms with van der Waals surface area (Å²) in [6.45, 7) is 1.21. The van der Waals surface area contributed by atoms with E-state index in [1.807, 2.05) is 24.4 Å². The minimum atomic E-state index is -0.0330. The summed E-state index contributed by atoms with van der Waals surface area (Å²) < 4.78 is 12.2. The topological polar surface area (TPSA) is 65.4 Å². The van der Waals surface area contributed by atoms with E-state index in [9.17, 15) is 4.79 Å². The van der Waals surface area contributed by atoms with Gasteiger partial charge in [-0.15, -0.1) is 0 Å². The van der Waals surface area contributed by atoms with Gasteiger partial charge in [0.15, 0.2) is 11.5 Å². The maximum atomic E-state index is 11.9. The lowest BCUT2D eigenvalue weighted by Gasteiger charge is -2.10. The number of nitrogens with zero attached hydrogens (tertiary/aromatic N) is 2. The van der Waals surface area contributed by atoms with Crippen LogP contribution in [-0.2, 0) is 17.8 Å². The van der Waals surface area contributed by atoms with Crippen molar-refractivity contribution in [2.45, 2.75) is 13.0 Å². The van der Waals surface area contributed by atoms with Crippen LogP contribution in [0, 0.1) is 0 Å². The zero-order valence-electron chi connectivity index (χ0n) is 12.2. The van der Waals surface area contributed by atoms with E-state index in [1.165, 1.54) is 0 Å². The molecular formula is C15H19N3O3. The lowest BCUT2D eigenvalue weighted by atomic mass is 10.1. The molecular weight excluding hydrogens is 270 g/mol. The van der Waals surface area contributed by atoms with Crippen LogP contribution >= 0.6 is 0 Å². The zero-order chi connectivity index (χ0) is 15.1. The Morgan fingerprint density at radius 1 is 1.29 bits per heavy atom. The predicted octanol–water partition coefficient (Wildman–Crippen LogP) is 1.26. The van der Waals surface area contributed by atoms with Crippen molar-refractivity contribution in [3.05, 3.63) is 42.2 Å². The van der Waals surface area contributed by atoms with E-state index in [0.717, 1.165) is 5.56 Å². The number of amides is 1. The van der Waals surface area contributed by atoms with Gasteiger partial charge in [0.2, 0.25) is 5.91 Å². The highest BCUT2D eigenvalue weighted by atomic mass is 16.5. The molecule has 112 valence electrons. The molecule has 1 heterocycles. The molecule has 0 bridgehead atoms. The third kappa shape index (κ3) is 4.24. The number of rotatable bonds is 7. The molecule has 1 amide bonds. The number of methoxy groups -OCH3 is 2. The summed E-state index contributed by atoms with van der Waals surface area (Å²) in [6, 6.07) is 7.32. The summed E-state index contributed by atoms with van der Waals surface area (Å²) in [5.41, 5.74) is 0.879. The molecule has 6 nitrogen and oxygen atoms in total. The number of carbonyl (C=O) groups excluding carboxylic acids is 1. The second-order valence-corrected chi connectivity index (χ2v) is 4.49. The Kier molecular flexibility index (Phi) is 5.20. The van der Waals surface area contributed by atoms with E-state index in [-0.39, 0.29) is 5.91 Å². The molecule has 2 aromatic rings. The van der Waals surface area contributed by atoms with Crippen molar-refractivity contribution < 1.29 is 14.3 Å². The Bertz CT molecular complexity index is 582. The largest absolute Gasteiger partial charge is 0.493 e. The Morgan fingerprint density at radius 2 is 2.10 bits per heavy atom. The maximum Gasteiger partial charge on any atom is 0.224 e. The van der Waals surface area contributed by atoms with Crippen LogP contribution in [0.4, 0.5) is 0 Å². The Balaban J connectivity index is 1.84. The third-order valence-electron chi connectivity index (χ3n) is 3.03. The number of hydrogen-bond acceptors (Lipinski definition) is 4. The van der Waals surface area contributed by atoms with Gasteiger partial charge in [0.1, 0.15) is 0 Å². The number of benzene rings is 1. The molecule has 0 saturated carbocycles. The number of aromatic nitrogens is 2. The van der Waals surface area contributed by atoms with Gasteiger partial charge >= 0.3 is 0 Å². The number of carbonyl (C=O) groups is 1. The monoisotopic (exact) mass is 289 g/mol. The summed E-state index contributed by atoms with van der Waals surface area (Å²) in [6.07, 6.45) is 3.88. The van der Waals surface area contributed by atoms with E-state index in [1.54, 1.807) is 31.2 Å². The minimum absolute atomic E-state index is 0.0330. The molecule has 6 heteroatoms. The van der Waals surface area contributed by atoms with E-state index in [0.29, 0.717) is 31.0 Å². The fourth-order valence-corrected chi connectivity index (χ4v) is 1.98. The molecule has 0 atom stereocenters. The highest BCUT2D eigenvalue weighted by Gasteiger charge is 2.08. The second kappa shape index (κ2) is 7.33. The van der Waals surface area contributed by atoms with Crippen molar-refractivity contribution in [2.75, 3.05) is 20.8 Å². The van der Waals surface area contributed by atoms with Crippen LogP contribution in [0.2, 0.25) is 0 Å². The average Bonchev–Trinajstić information content (AvgIpc) is 3.00. The summed E-state index contributed by atoms with van der Waals surface area (Å²) >= 11 is 0. The minimum Gasteiger partial charge on any atom is -0.493 e. The van der Waals surface area contributed by atoms with Gasteiger partial charge in [0, 0.05) is 18.9 Å². The number of ether oxygens (including phenoxy) is 2. The quantitative estimate of drug-likeness (QED) is 0.833. The molecule has 0 saturated heterocycles. The lowest BCUT2D eigenvalue weighted by molar-refractivity contribution is -0.120. The highest BCUT2D eigenvalue weighted by Crippen LogP contribution is 2.27. The molecule has 0 fully saturated rings. The second-order valence-electron chi connectivity index (χ2n) is 4.49. The van der Waals surface area contributed by atoms with Crippen molar-refractivity contribution in [3.63, 3.8) is 0 Å². The molecule has 0 unspecified atom stereocenters. The van der Waals surface area contributed by atoms with Crippen LogP contribution in [0.15, 0.2) is 36.7 Å². The summed E-state index contributed by atoms with van der Waals surface area (Å²) in [7, 11) is 3.16. The van der Waals surface area contributed by atoms with Gasteiger partial charge < -0.3 is 14.8 Å². The fraction of sp³-hybridized carbons (Fsp3) is 0.333. The van der Waals surface area contributed by atoms with Crippen LogP contribution in [0.1, 0.15) is 5.56 Å². The van der Waals surface area contributed by atoms with Crippen molar-refractivity contribution in [2.24, 2.45) is 0 Å². The SMILES string of the molecule is COc1ccc(CC(=O)NCCn2cccn2)cc1OC. The maximum absolute atomic E-state index is 11.9. The normalized spacial score (nSPS) is 10.2. The highest BCUT2D eigenvalue weighted by molar-refractivity contribution is 5.78. The van der Waals surface area contributed by atoms with Crippen molar-refractivity contribution in [1.29, 1.82) is 0 Å². The first-order valence-corrected chi connectivity index (χ1v) is 6.68. The van der Waals surface area contributed by atoms with Crippen molar-refractivity contribution in [3.8, 4) is 11.5 Å². The van der Waals surface area contributed by atoms with Gasteiger partial charge in [0.05, 0.1) is 27.2 Å². The van der Waals surface area contributed by atoms with Gasteiger partial charge in [0.25, 0.3) is 0 Å². The van der Waals surface area contributed by atoms with Gasteiger partial charge in [-0.3, -0.25) is 9.48 Å². The van der Waals surface area contributed by atoms with Crippen LogP contribution in [0.5, 0.6) is 11.5 Å². The van der Waals surface area contributed by atoms with E-state index >= 15 is 0 Å². The van der Waals surface area contributed by atoms with E-state index in [4.69, 9.17) is 9.47 Å². The number of nitrogens with one attached hydrogen (secondary N) is 1. The molecule has 0 aliphatic heterocycles. The molecule has 0 spiro atoms. The first-order valence-electron chi connectivity index (χ1n) is 6.68. The van der Waals surface area contributed by atoms with Crippen molar-refractivity contribution >= 4 is 5.91 Å². The molecule has 1 aromatic heterocycles. The van der Waals surface area contributed by atoms with Gasteiger partial charge in [-0.2, -0.15) is 5.10 Å². The predicted molar refractivity (Wildman–Crippen MR) is 78.5 cm³/mol. The third-order valence-corrected chi connectivity index (χ3v) is 3.03. The molecule has 0 aliphatic rings. The molecule has 0 aliphatic carbocycles. The van der Waals surface area contributed by atoms with Gasteiger partial charge in [-0.05, 0) is 23.8 Å². The van der Waals surface area contributed by atoms with E-state index < -0.39 is 0 Å². The van der Waals surface area contributed by atoms with E-state index in [2.05, 4.69) is 10.4 Å². The summed E-state index contributed by atoms with van der Waals surface area (Å²) in [5, 5.41) is 6.94. The smallest absolute Gasteiger partial charge is 0.224 e. The van der Waals surface area contributed by atoms with Crippen LogP contribution in [0.25, 0.3) is 0 Å². The molecule has 1 N–H and O–H groups in total. The molecule has 21 heavy (non-hydrogen) atoms. The van der Waals surface area contributed by atoms with Crippen LogP contribution in [0.3, 0.4) is 0 Å². The summed E-state index contributed by atoms with van der Waals surface area (Å²) in [4.78, 5) is 11.9. The molecule has 2 rings (SSSR count). The first-order chi connectivity index (χ1) is 10.2. The molecule has 1 aromatic carbocycles. The number of hydrogen-bond donors (Lipinski definition) is 1. The standard InChI is InChI=1S/C15H19N3O3/c1-20-13-5-4-12(10-14(13)21-2)11-15(19)16-7-9-18-8-3-6-17-18/h3-6,8,10H,7,9,11H2,1-2H3,(H,16,19). The Morgan fingerprint density at radius 3 is 2.76 bits per heavy atom. The average molecular weight is 289 g/mol. The van der Waals surface area contributed by atoms with Gasteiger partial charge in [-0.1, -0.05) is 6.07 Å². The lowest BCUT2D eigenvalue weighted by Crippen LogP contribution is -2.28. The Hall–Kier alpha value is -2.50.